The van der Waals surface area contributed by atoms with Crippen molar-refractivity contribution in [3.63, 3.8) is 0 Å². The lowest BCUT2D eigenvalue weighted by molar-refractivity contribution is 0.561. The molecular formula is C24H47N3. The van der Waals surface area contributed by atoms with E-state index < -0.39 is 0 Å². The molecule has 1 aromatic rings. The monoisotopic (exact) mass is 377 g/mol. The first kappa shape index (κ1) is 24.2. The molecule has 0 unspecified atom stereocenters. The lowest BCUT2D eigenvalue weighted by Crippen LogP contribution is -1.91. The van der Waals surface area contributed by atoms with Crippen LogP contribution < -0.4 is 0 Å². The first-order valence-corrected chi connectivity index (χ1v) is 12.3. The maximum Gasteiger partial charge on any atom is 0.150 e. The average molecular weight is 378 g/mol. The fraction of sp³-hybridized carbons (Fsp3) is 0.917. The van der Waals surface area contributed by atoms with E-state index in [0.29, 0.717) is 0 Å². The van der Waals surface area contributed by atoms with Gasteiger partial charge in [0.2, 0.25) is 0 Å². The molecule has 27 heavy (non-hydrogen) atoms. The van der Waals surface area contributed by atoms with Crippen molar-refractivity contribution in [2.45, 2.75) is 142 Å². The number of H-pyrrole nitrogens is 1. The summed E-state index contributed by atoms with van der Waals surface area (Å²) in [5.41, 5.74) is 0. The fourth-order valence-corrected chi connectivity index (χ4v) is 3.76. The van der Waals surface area contributed by atoms with Gasteiger partial charge in [-0.3, -0.25) is 5.10 Å². The molecule has 0 spiro atoms. The zero-order valence-electron chi connectivity index (χ0n) is 18.5. The van der Waals surface area contributed by atoms with Crippen LogP contribution in [-0.4, -0.2) is 15.2 Å². The van der Waals surface area contributed by atoms with Gasteiger partial charge in [-0.15, -0.1) is 0 Å². The average Bonchev–Trinajstić information content (AvgIpc) is 3.13. The standard InChI is InChI=1S/C24H47N3/c1-3-5-7-9-11-13-15-17-19-21-23-25-24(27-26-23)22-20-18-16-14-12-10-8-6-4-2/h3-22H2,1-2H3,(H,25,26,27). The minimum atomic E-state index is 1.03. The smallest absolute Gasteiger partial charge is 0.150 e. The van der Waals surface area contributed by atoms with Gasteiger partial charge in [0.05, 0.1) is 0 Å². The van der Waals surface area contributed by atoms with E-state index >= 15 is 0 Å². The lowest BCUT2D eigenvalue weighted by atomic mass is 10.1. The summed E-state index contributed by atoms with van der Waals surface area (Å²) in [6.45, 7) is 4.57. The van der Waals surface area contributed by atoms with Gasteiger partial charge in [0.25, 0.3) is 0 Å². The third-order valence-electron chi connectivity index (χ3n) is 5.60. The Morgan fingerprint density at radius 1 is 0.519 bits per heavy atom. The molecule has 0 saturated heterocycles. The minimum absolute atomic E-state index is 1.03. The second-order valence-electron chi connectivity index (χ2n) is 8.36. The van der Waals surface area contributed by atoms with Crippen LogP contribution in [0.5, 0.6) is 0 Å². The molecule has 3 nitrogen and oxygen atoms in total. The van der Waals surface area contributed by atoms with Crippen LogP contribution in [0.3, 0.4) is 0 Å². The van der Waals surface area contributed by atoms with Gasteiger partial charge < -0.3 is 0 Å². The number of aromatic nitrogens is 3. The van der Waals surface area contributed by atoms with Gasteiger partial charge in [-0.25, -0.2) is 4.98 Å². The molecule has 0 bridgehead atoms. The number of unbranched alkanes of at least 4 members (excludes halogenated alkanes) is 16. The van der Waals surface area contributed by atoms with Crippen LogP contribution in [0, 0.1) is 0 Å². The normalized spacial score (nSPS) is 11.3. The molecule has 1 aromatic heterocycles. The molecule has 0 fully saturated rings. The van der Waals surface area contributed by atoms with E-state index in [-0.39, 0.29) is 0 Å². The largest absolute Gasteiger partial charge is 0.263 e. The lowest BCUT2D eigenvalue weighted by Gasteiger charge is -2.01. The summed E-state index contributed by atoms with van der Waals surface area (Å²) in [6, 6.07) is 0. The van der Waals surface area contributed by atoms with E-state index in [0.717, 1.165) is 24.5 Å². The SMILES string of the molecule is CCCCCCCCCCCc1n[nH]c(CCCCCCCCCCC)n1. The second-order valence-corrected chi connectivity index (χ2v) is 8.36. The van der Waals surface area contributed by atoms with Crippen LogP contribution in [0.15, 0.2) is 0 Å². The summed E-state index contributed by atoms with van der Waals surface area (Å²) < 4.78 is 0. The number of hydrogen-bond acceptors (Lipinski definition) is 2. The quantitative estimate of drug-likeness (QED) is 0.234. The van der Waals surface area contributed by atoms with Crippen LogP contribution in [0.1, 0.15) is 141 Å². The Balaban J connectivity index is 1.90. The molecule has 0 aliphatic carbocycles. The second kappa shape index (κ2) is 18.5. The van der Waals surface area contributed by atoms with Crippen LogP contribution in [0.25, 0.3) is 0 Å². The van der Waals surface area contributed by atoms with Crippen LogP contribution in [-0.2, 0) is 12.8 Å². The minimum Gasteiger partial charge on any atom is -0.263 e. The number of rotatable bonds is 20. The van der Waals surface area contributed by atoms with E-state index in [2.05, 4.69) is 29.0 Å². The van der Waals surface area contributed by atoms with Crippen molar-refractivity contribution < 1.29 is 0 Å². The molecule has 0 atom stereocenters. The van der Waals surface area contributed by atoms with Crippen molar-refractivity contribution in [1.82, 2.24) is 15.2 Å². The molecule has 0 saturated carbocycles. The molecule has 1 heterocycles. The maximum absolute atomic E-state index is 4.68. The topological polar surface area (TPSA) is 41.6 Å². The first-order valence-electron chi connectivity index (χ1n) is 12.3. The van der Waals surface area contributed by atoms with E-state index in [1.807, 2.05) is 0 Å². The van der Waals surface area contributed by atoms with E-state index in [4.69, 9.17) is 0 Å². The van der Waals surface area contributed by atoms with E-state index in [1.54, 1.807) is 0 Å². The molecule has 0 aliphatic rings. The molecule has 0 aromatic carbocycles. The van der Waals surface area contributed by atoms with Gasteiger partial charge in [0.1, 0.15) is 5.82 Å². The van der Waals surface area contributed by atoms with Crippen molar-refractivity contribution in [3.05, 3.63) is 11.6 Å². The maximum atomic E-state index is 4.68. The van der Waals surface area contributed by atoms with Crippen LogP contribution in [0.4, 0.5) is 0 Å². The Morgan fingerprint density at radius 2 is 0.926 bits per heavy atom. The number of nitrogens with one attached hydrogen (secondary N) is 1. The van der Waals surface area contributed by atoms with Crippen molar-refractivity contribution in [2.24, 2.45) is 0 Å². The Bertz CT molecular complexity index is 377. The Morgan fingerprint density at radius 3 is 1.41 bits per heavy atom. The molecule has 0 amide bonds. The zero-order valence-corrected chi connectivity index (χ0v) is 18.5. The van der Waals surface area contributed by atoms with Gasteiger partial charge in [0.15, 0.2) is 5.82 Å². The molecule has 1 rings (SSSR count). The molecule has 0 aliphatic heterocycles. The summed E-state index contributed by atoms with van der Waals surface area (Å²) in [4.78, 5) is 4.68. The number of hydrogen-bond donors (Lipinski definition) is 1. The fourth-order valence-electron chi connectivity index (χ4n) is 3.76. The van der Waals surface area contributed by atoms with E-state index in [1.165, 1.54) is 116 Å². The van der Waals surface area contributed by atoms with Gasteiger partial charge >= 0.3 is 0 Å². The molecule has 3 heteroatoms. The first-order chi connectivity index (χ1) is 13.4. The highest BCUT2D eigenvalue weighted by atomic mass is 15.2. The Hall–Kier alpha value is -0.860. The summed E-state index contributed by atoms with van der Waals surface area (Å²) in [7, 11) is 0. The predicted octanol–water partition coefficient (Wildman–Crippen LogP) is 7.95. The van der Waals surface area contributed by atoms with Crippen molar-refractivity contribution in [1.29, 1.82) is 0 Å². The third-order valence-corrected chi connectivity index (χ3v) is 5.60. The van der Waals surface area contributed by atoms with Gasteiger partial charge in [-0.1, -0.05) is 117 Å². The predicted molar refractivity (Wildman–Crippen MR) is 118 cm³/mol. The van der Waals surface area contributed by atoms with Crippen LogP contribution in [0.2, 0.25) is 0 Å². The Labute approximate surface area is 169 Å². The van der Waals surface area contributed by atoms with Gasteiger partial charge in [-0.05, 0) is 12.8 Å². The highest BCUT2D eigenvalue weighted by Gasteiger charge is 2.03. The number of aromatic amines is 1. The number of aryl methyl sites for hydroxylation is 2. The summed E-state index contributed by atoms with van der Waals surface area (Å²) in [5, 5.41) is 7.56. The highest BCUT2D eigenvalue weighted by Crippen LogP contribution is 2.12. The third kappa shape index (κ3) is 14.8. The van der Waals surface area contributed by atoms with Crippen molar-refractivity contribution >= 4 is 0 Å². The van der Waals surface area contributed by atoms with Crippen molar-refractivity contribution in [3.8, 4) is 0 Å². The summed E-state index contributed by atoms with van der Waals surface area (Å²) in [6.07, 6.45) is 26.9. The zero-order chi connectivity index (χ0) is 19.4. The molecule has 1 N–H and O–H groups in total. The molecule has 0 radical (unpaired) electrons. The summed E-state index contributed by atoms with van der Waals surface area (Å²) >= 11 is 0. The number of nitrogens with zero attached hydrogens (tertiary/aromatic N) is 2. The molecular weight excluding hydrogens is 330 g/mol. The highest BCUT2D eigenvalue weighted by molar-refractivity contribution is 4.90. The van der Waals surface area contributed by atoms with Gasteiger partial charge in [-0.2, -0.15) is 5.10 Å². The Kier molecular flexibility index (Phi) is 16.6. The van der Waals surface area contributed by atoms with Gasteiger partial charge in [0, 0.05) is 12.8 Å². The van der Waals surface area contributed by atoms with E-state index in [9.17, 15) is 0 Å². The molecule has 158 valence electrons. The van der Waals surface area contributed by atoms with Crippen molar-refractivity contribution in [2.75, 3.05) is 0 Å². The summed E-state index contributed by atoms with van der Waals surface area (Å²) in [5.74, 6) is 2.13. The van der Waals surface area contributed by atoms with Crippen LogP contribution >= 0.6 is 0 Å².